The van der Waals surface area contributed by atoms with Crippen LogP contribution in [0.15, 0.2) is 18.2 Å². The summed E-state index contributed by atoms with van der Waals surface area (Å²) in [5.74, 6) is 0.539. The Morgan fingerprint density at radius 2 is 2.04 bits per heavy atom. The summed E-state index contributed by atoms with van der Waals surface area (Å²) in [5, 5.41) is 4.03. The maximum atomic E-state index is 12.5. The number of nitrogens with zero attached hydrogens (tertiary/aromatic N) is 1. The summed E-state index contributed by atoms with van der Waals surface area (Å²) in [6.45, 7) is 3.97. The van der Waals surface area contributed by atoms with Crippen LogP contribution < -0.4 is 9.62 Å². The maximum absolute atomic E-state index is 12.5. The van der Waals surface area contributed by atoms with Gasteiger partial charge in [-0.15, -0.1) is 0 Å². The number of carbonyl (C=O) groups is 1. The lowest BCUT2D eigenvalue weighted by atomic mass is 10.2. The molecule has 26 heavy (non-hydrogen) atoms. The molecule has 1 aliphatic rings. The highest BCUT2D eigenvalue weighted by molar-refractivity contribution is 7.99. The van der Waals surface area contributed by atoms with E-state index >= 15 is 0 Å². The molecule has 0 saturated heterocycles. The Morgan fingerprint density at radius 3 is 2.62 bits per heavy atom. The second-order valence-electron chi connectivity index (χ2n) is 6.74. The van der Waals surface area contributed by atoms with Crippen LogP contribution in [-0.4, -0.2) is 44.2 Å². The lowest BCUT2D eigenvalue weighted by molar-refractivity contribution is -0.121. The number of hydrogen-bond donors (Lipinski definition) is 1. The zero-order valence-corrected chi connectivity index (χ0v) is 17.9. The first kappa shape index (κ1) is 21.4. The minimum atomic E-state index is -3.63. The van der Waals surface area contributed by atoms with Crippen LogP contribution in [0.5, 0.6) is 0 Å². The fourth-order valence-electron chi connectivity index (χ4n) is 3.13. The average molecular weight is 419 g/mol. The Balaban J connectivity index is 2.00. The highest BCUT2D eigenvalue weighted by Gasteiger charge is 2.29. The first-order valence-electron chi connectivity index (χ1n) is 8.85. The summed E-state index contributed by atoms with van der Waals surface area (Å²) >= 11 is 8.02. The molecule has 0 aliphatic heterocycles. The number of sulfonamides is 1. The van der Waals surface area contributed by atoms with Crippen molar-refractivity contribution in [3.8, 4) is 0 Å². The molecule has 0 radical (unpaired) electrons. The summed E-state index contributed by atoms with van der Waals surface area (Å²) in [6.07, 6.45) is 6.20. The summed E-state index contributed by atoms with van der Waals surface area (Å²) in [4.78, 5) is 12.5. The fourth-order valence-corrected chi connectivity index (χ4v) is 5.69. The van der Waals surface area contributed by atoms with Gasteiger partial charge >= 0.3 is 0 Å². The highest BCUT2D eigenvalue weighted by atomic mass is 35.5. The van der Waals surface area contributed by atoms with Crippen molar-refractivity contribution >= 4 is 45.0 Å². The zero-order chi connectivity index (χ0) is 19.3. The van der Waals surface area contributed by atoms with Gasteiger partial charge < -0.3 is 5.32 Å². The number of thioether (sulfide) groups is 1. The lowest BCUT2D eigenvalue weighted by Crippen LogP contribution is -2.48. The molecule has 146 valence electrons. The number of aryl methyl sites for hydroxylation is 1. The van der Waals surface area contributed by atoms with Gasteiger partial charge in [-0.3, -0.25) is 9.10 Å². The number of anilines is 1. The first-order valence-corrected chi connectivity index (χ1v) is 12.1. The molecule has 1 amide bonds. The van der Waals surface area contributed by atoms with Gasteiger partial charge in [-0.2, -0.15) is 11.8 Å². The predicted octanol–water partition coefficient (Wildman–Crippen LogP) is 3.59. The summed E-state index contributed by atoms with van der Waals surface area (Å²) in [6, 6.07) is 4.15. The van der Waals surface area contributed by atoms with Crippen LogP contribution in [0.1, 0.15) is 38.2 Å². The second-order valence-corrected chi connectivity index (χ2v) is 10.4. The van der Waals surface area contributed by atoms with Crippen molar-refractivity contribution in [3.63, 3.8) is 0 Å². The van der Waals surface area contributed by atoms with Crippen LogP contribution >= 0.6 is 23.4 Å². The Labute approximate surface area is 165 Å². The lowest BCUT2D eigenvalue weighted by Gasteiger charge is -2.28. The molecule has 1 fully saturated rings. The second kappa shape index (κ2) is 9.33. The number of benzene rings is 1. The molecule has 1 saturated carbocycles. The molecule has 1 N–H and O–H groups in total. The van der Waals surface area contributed by atoms with Crippen LogP contribution in [0, 0.1) is 6.92 Å². The van der Waals surface area contributed by atoms with Crippen molar-refractivity contribution in [2.75, 3.05) is 22.9 Å². The highest BCUT2D eigenvalue weighted by Crippen LogP contribution is 2.29. The molecule has 1 aromatic carbocycles. The Morgan fingerprint density at radius 1 is 1.38 bits per heavy atom. The zero-order valence-electron chi connectivity index (χ0n) is 15.5. The van der Waals surface area contributed by atoms with Gasteiger partial charge in [-0.1, -0.05) is 30.5 Å². The minimum absolute atomic E-state index is 0.306. The number of hydrogen-bond acceptors (Lipinski definition) is 4. The third-order valence-electron chi connectivity index (χ3n) is 4.56. The molecule has 5 nitrogen and oxygen atoms in total. The van der Waals surface area contributed by atoms with Crippen molar-refractivity contribution in [1.29, 1.82) is 0 Å². The third kappa shape index (κ3) is 5.79. The van der Waals surface area contributed by atoms with Crippen LogP contribution in [0.4, 0.5) is 5.69 Å². The van der Waals surface area contributed by atoms with E-state index in [4.69, 9.17) is 11.6 Å². The average Bonchev–Trinajstić information content (AvgIpc) is 3.07. The maximum Gasteiger partial charge on any atom is 0.243 e. The van der Waals surface area contributed by atoms with Gasteiger partial charge in [-0.25, -0.2) is 8.42 Å². The van der Waals surface area contributed by atoms with E-state index in [1.165, 1.54) is 25.7 Å². The normalized spacial score (nSPS) is 16.5. The summed E-state index contributed by atoms with van der Waals surface area (Å²) in [7, 11) is -3.63. The predicted molar refractivity (Wildman–Crippen MR) is 111 cm³/mol. The molecule has 8 heteroatoms. The number of amides is 1. The van der Waals surface area contributed by atoms with Gasteiger partial charge in [0.1, 0.15) is 6.04 Å². The number of rotatable bonds is 8. The Kier molecular flexibility index (Phi) is 7.67. The Bertz CT molecular complexity index is 734. The largest absolute Gasteiger partial charge is 0.353 e. The molecule has 1 aromatic rings. The van der Waals surface area contributed by atoms with E-state index in [1.54, 1.807) is 25.1 Å². The van der Waals surface area contributed by atoms with Gasteiger partial charge in [0, 0.05) is 22.6 Å². The molecular formula is C18H27ClN2O3S2. The molecule has 0 bridgehead atoms. The van der Waals surface area contributed by atoms with Crippen molar-refractivity contribution in [2.45, 2.75) is 50.8 Å². The molecule has 1 aliphatic carbocycles. The van der Waals surface area contributed by atoms with E-state index < -0.39 is 16.1 Å². The van der Waals surface area contributed by atoms with Crippen molar-refractivity contribution in [2.24, 2.45) is 0 Å². The van der Waals surface area contributed by atoms with E-state index in [0.29, 0.717) is 22.5 Å². The number of nitrogens with one attached hydrogen (secondary N) is 1. The van der Waals surface area contributed by atoms with Gasteiger partial charge in [0.25, 0.3) is 0 Å². The van der Waals surface area contributed by atoms with Gasteiger partial charge in [0.2, 0.25) is 15.9 Å². The third-order valence-corrected chi connectivity index (χ3v) is 7.59. The fraction of sp³-hybridized carbons (Fsp3) is 0.611. The van der Waals surface area contributed by atoms with E-state index in [0.717, 1.165) is 21.9 Å². The van der Waals surface area contributed by atoms with Crippen LogP contribution in [-0.2, 0) is 14.8 Å². The van der Waals surface area contributed by atoms with E-state index in [-0.39, 0.29) is 5.91 Å². The van der Waals surface area contributed by atoms with Gasteiger partial charge in [-0.05, 0) is 44.4 Å². The van der Waals surface area contributed by atoms with Crippen molar-refractivity contribution in [3.05, 3.63) is 28.8 Å². The molecule has 1 atom stereocenters. The molecular weight excluding hydrogens is 392 g/mol. The number of halogens is 1. The van der Waals surface area contributed by atoms with Gasteiger partial charge in [0.15, 0.2) is 0 Å². The van der Waals surface area contributed by atoms with Crippen LogP contribution in [0.25, 0.3) is 0 Å². The van der Waals surface area contributed by atoms with Crippen LogP contribution in [0.3, 0.4) is 0 Å². The SMILES string of the molecule is Cc1ccc(N(C(C)C(=O)NCCSC2CCCC2)S(C)(=O)=O)cc1Cl. The standard InChI is InChI=1S/C18H27ClN2O3S2/c1-13-8-9-15(12-17(13)19)21(26(3,23)24)14(2)18(22)20-10-11-25-16-6-4-5-7-16/h8-9,12,14,16H,4-7,10-11H2,1-3H3,(H,20,22). The summed E-state index contributed by atoms with van der Waals surface area (Å²) in [5.41, 5.74) is 1.25. The molecule has 0 heterocycles. The number of carbonyl (C=O) groups excluding carboxylic acids is 1. The van der Waals surface area contributed by atoms with Crippen molar-refractivity contribution < 1.29 is 13.2 Å². The van der Waals surface area contributed by atoms with Crippen molar-refractivity contribution in [1.82, 2.24) is 5.32 Å². The minimum Gasteiger partial charge on any atom is -0.353 e. The van der Waals surface area contributed by atoms with Gasteiger partial charge in [0.05, 0.1) is 11.9 Å². The van der Waals surface area contributed by atoms with E-state index in [1.807, 2.05) is 18.7 Å². The van der Waals surface area contributed by atoms with Crippen LogP contribution in [0.2, 0.25) is 5.02 Å². The molecule has 0 aromatic heterocycles. The smallest absolute Gasteiger partial charge is 0.243 e. The quantitative estimate of drug-likeness (QED) is 0.655. The molecule has 2 rings (SSSR count). The molecule has 1 unspecified atom stereocenters. The summed E-state index contributed by atoms with van der Waals surface area (Å²) < 4.78 is 25.7. The topological polar surface area (TPSA) is 66.5 Å². The first-order chi connectivity index (χ1) is 12.2. The van der Waals surface area contributed by atoms with E-state index in [9.17, 15) is 13.2 Å². The Hall–Kier alpha value is -0.920. The van der Waals surface area contributed by atoms with E-state index in [2.05, 4.69) is 5.32 Å². The molecule has 0 spiro atoms. The monoisotopic (exact) mass is 418 g/mol.